The number of carbonyl (C=O) groups excluding carboxylic acids is 4. The van der Waals surface area contributed by atoms with Crippen molar-refractivity contribution in [2.45, 2.75) is 63.6 Å². The summed E-state index contributed by atoms with van der Waals surface area (Å²) in [5.41, 5.74) is -0.667. The fourth-order valence-corrected chi connectivity index (χ4v) is 4.68. The fraction of sp³-hybridized carbons (Fsp3) is 0.615. The zero-order valence-corrected chi connectivity index (χ0v) is 20.4. The van der Waals surface area contributed by atoms with Crippen LogP contribution in [0.2, 0.25) is 0 Å². The van der Waals surface area contributed by atoms with Gasteiger partial charge in [-0.3, -0.25) is 19.2 Å². The number of Topliss-reactive ketones (excluding diaryl/α,β-unsaturated/α-hetero) is 2. The summed E-state index contributed by atoms with van der Waals surface area (Å²) < 4.78 is 5.15. The molecule has 4 N–H and O–H groups in total. The van der Waals surface area contributed by atoms with Crippen molar-refractivity contribution in [3.8, 4) is 0 Å². The molecule has 1 saturated heterocycles. The second kappa shape index (κ2) is 11.9. The van der Waals surface area contributed by atoms with Crippen molar-refractivity contribution >= 4 is 23.4 Å². The number of carbonyl (C=O) groups is 4. The Bertz CT molecular complexity index is 914. The monoisotopic (exact) mass is 488 g/mol. The van der Waals surface area contributed by atoms with Crippen LogP contribution in [0.4, 0.5) is 0 Å². The maximum atomic E-state index is 13.0. The number of hydrogen-bond donors (Lipinski definition) is 4. The van der Waals surface area contributed by atoms with E-state index >= 15 is 0 Å². The first kappa shape index (κ1) is 27.0. The van der Waals surface area contributed by atoms with Crippen LogP contribution in [0.15, 0.2) is 30.3 Å². The first-order chi connectivity index (χ1) is 16.7. The van der Waals surface area contributed by atoms with Crippen LogP contribution in [0.1, 0.15) is 56.3 Å². The number of nitrogens with one attached hydrogen (secondary N) is 2. The second-order valence-corrected chi connectivity index (χ2v) is 10.0. The van der Waals surface area contributed by atoms with Gasteiger partial charge in [-0.1, -0.05) is 50.6 Å². The molecular formula is C26H36N2O7. The Hall–Kier alpha value is -2.62. The summed E-state index contributed by atoms with van der Waals surface area (Å²) in [5, 5.41) is 24.5. The van der Waals surface area contributed by atoms with Gasteiger partial charge in [0.15, 0.2) is 17.2 Å². The highest BCUT2D eigenvalue weighted by atomic mass is 16.6. The van der Waals surface area contributed by atoms with Crippen molar-refractivity contribution in [1.82, 2.24) is 10.6 Å². The van der Waals surface area contributed by atoms with Crippen molar-refractivity contribution < 1.29 is 34.1 Å². The molecule has 2 amide bonds. The van der Waals surface area contributed by atoms with Crippen LogP contribution in [0.25, 0.3) is 0 Å². The first-order valence-corrected chi connectivity index (χ1v) is 12.3. The number of epoxide rings is 1. The maximum absolute atomic E-state index is 13.0. The van der Waals surface area contributed by atoms with Crippen LogP contribution in [0.3, 0.4) is 0 Å². The van der Waals surface area contributed by atoms with Gasteiger partial charge in [0.1, 0.15) is 6.04 Å². The van der Waals surface area contributed by atoms with E-state index in [1.807, 2.05) is 19.9 Å². The number of aliphatic hydroxyl groups is 2. The van der Waals surface area contributed by atoms with E-state index < -0.39 is 54.4 Å². The number of amides is 2. The maximum Gasteiger partial charge on any atom is 0.245 e. The molecule has 1 unspecified atom stereocenters. The number of benzene rings is 1. The molecule has 0 radical (unpaired) electrons. The zero-order valence-electron chi connectivity index (χ0n) is 20.4. The third-order valence-electron chi connectivity index (χ3n) is 6.83. The Kier molecular flexibility index (Phi) is 9.15. The Balaban J connectivity index is 1.60. The van der Waals surface area contributed by atoms with Gasteiger partial charge in [0, 0.05) is 17.4 Å². The van der Waals surface area contributed by atoms with Crippen LogP contribution in [-0.4, -0.2) is 71.1 Å². The predicted molar refractivity (Wildman–Crippen MR) is 127 cm³/mol. The van der Waals surface area contributed by atoms with Crippen LogP contribution < -0.4 is 10.6 Å². The van der Waals surface area contributed by atoms with Gasteiger partial charge < -0.3 is 25.6 Å². The second-order valence-electron chi connectivity index (χ2n) is 10.0. The molecule has 2 fully saturated rings. The number of aliphatic hydroxyl groups excluding tert-OH is 2. The molecule has 1 aliphatic carbocycles. The highest BCUT2D eigenvalue weighted by Crippen LogP contribution is 2.32. The summed E-state index contributed by atoms with van der Waals surface area (Å²) in [6, 6.07) is 6.83. The van der Waals surface area contributed by atoms with E-state index in [1.54, 1.807) is 24.3 Å². The molecule has 5 atom stereocenters. The summed E-state index contributed by atoms with van der Waals surface area (Å²) in [6.45, 7) is 2.78. The van der Waals surface area contributed by atoms with Gasteiger partial charge in [-0.05, 0) is 31.6 Å². The van der Waals surface area contributed by atoms with Gasteiger partial charge >= 0.3 is 0 Å². The quantitative estimate of drug-likeness (QED) is 0.254. The Labute approximate surface area is 205 Å². The summed E-state index contributed by atoms with van der Waals surface area (Å²) in [5.74, 6) is -2.13. The SMILES string of the molecule is CC(C)C[C@H](NC(=O)[C@H](CO)NC(=O)[C@@H]1CCCC(C(=O)c2ccccc2)C1)C(=O)[C@@]1(CO)CO1. The molecule has 1 aromatic rings. The third-order valence-corrected chi connectivity index (χ3v) is 6.83. The molecule has 0 spiro atoms. The highest BCUT2D eigenvalue weighted by molar-refractivity contribution is 5.99. The lowest BCUT2D eigenvalue weighted by Crippen LogP contribution is -2.56. The molecule has 1 aliphatic heterocycles. The van der Waals surface area contributed by atoms with Gasteiger partial charge in [-0.15, -0.1) is 0 Å². The van der Waals surface area contributed by atoms with Crippen molar-refractivity contribution in [2.24, 2.45) is 17.8 Å². The Morgan fingerprint density at radius 1 is 1.03 bits per heavy atom. The summed E-state index contributed by atoms with van der Waals surface area (Å²) in [4.78, 5) is 51.5. The minimum Gasteiger partial charge on any atom is -0.394 e. The lowest BCUT2D eigenvalue weighted by molar-refractivity contribution is -0.135. The third kappa shape index (κ3) is 6.74. The smallest absolute Gasteiger partial charge is 0.245 e. The average molecular weight is 489 g/mol. The highest BCUT2D eigenvalue weighted by Gasteiger charge is 2.54. The largest absolute Gasteiger partial charge is 0.394 e. The molecule has 1 heterocycles. The average Bonchev–Trinajstić information content (AvgIpc) is 3.67. The Morgan fingerprint density at radius 2 is 1.69 bits per heavy atom. The van der Waals surface area contributed by atoms with E-state index in [4.69, 9.17) is 4.74 Å². The minimum atomic E-state index is -1.28. The number of rotatable bonds is 12. The van der Waals surface area contributed by atoms with E-state index in [9.17, 15) is 29.4 Å². The van der Waals surface area contributed by atoms with Gasteiger partial charge in [-0.25, -0.2) is 0 Å². The summed E-state index contributed by atoms with van der Waals surface area (Å²) in [7, 11) is 0. The fourth-order valence-electron chi connectivity index (χ4n) is 4.68. The number of ether oxygens (including phenoxy) is 1. The van der Waals surface area contributed by atoms with Crippen molar-refractivity contribution in [2.75, 3.05) is 19.8 Å². The zero-order chi connectivity index (χ0) is 25.6. The van der Waals surface area contributed by atoms with Crippen LogP contribution in [0.5, 0.6) is 0 Å². The van der Waals surface area contributed by atoms with E-state index in [0.717, 1.165) is 0 Å². The van der Waals surface area contributed by atoms with Crippen LogP contribution in [-0.2, 0) is 19.1 Å². The molecule has 0 aromatic heterocycles. The van der Waals surface area contributed by atoms with Crippen molar-refractivity contribution in [3.63, 3.8) is 0 Å². The molecule has 3 rings (SSSR count). The van der Waals surface area contributed by atoms with Gasteiger partial charge in [-0.2, -0.15) is 0 Å². The molecule has 1 saturated carbocycles. The lowest BCUT2D eigenvalue weighted by Gasteiger charge is -2.29. The Morgan fingerprint density at radius 3 is 2.26 bits per heavy atom. The normalized spacial score (nSPS) is 25.4. The molecule has 1 aromatic carbocycles. The molecule has 2 aliphatic rings. The summed E-state index contributed by atoms with van der Waals surface area (Å²) >= 11 is 0. The minimum absolute atomic E-state index is 0.00898. The van der Waals surface area contributed by atoms with E-state index in [-0.39, 0.29) is 24.2 Å². The number of hydrogen-bond acceptors (Lipinski definition) is 7. The molecular weight excluding hydrogens is 452 g/mol. The van der Waals surface area contributed by atoms with Gasteiger partial charge in [0.25, 0.3) is 0 Å². The molecule has 9 heteroatoms. The molecule has 35 heavy (non-hydrogen) atoms. The van der Waals surface area contributed by atoms with E-state index in [1.165, 1.54) is 0 Å². The van der Waals surface area contributed by atoms with E-state index in [2.05, 4.69) is 10.6 Å². The molecule has 0 bridgehead atoms. The number of ketones is 2. The molecule has 9 nitrogen and oxygen atoms in total. The first-order valence-electron chi connectivity index (χ1n) is 12.3. The van der Waals surface area contributed by atoms with E-state index in [0.29, 0.717) is 37.7 Å². The topological polar surface area (TPSA) is 145 Å². The van der Waals surface area contributed by atoms with Crippen LogP contribution in [0, 0.1) is 17.8 Å². The van der Waals surface area contributed by atoms with Gasteiger partial charge in [0.2, 0.25) is 11.8 Å². The van der Waals surface area contributed by atoms with Crippen molar-refractivity contribution in [3.05, 3.63) is 35.9 Å². The van der Waals surface area contributed by atoms with Crippen LogP contribution >= 0.6 is 0 Å². The van der Waals surface area contributed by atoms with Crippen molar-refractivity contribution in [1.29, 1.82) is 0 Å². The molecule has 192 valence electrons. The summed E-state index contributed by atoms with van der Waals surface area (Å²) in [6.07, 6.45) is 2.72. The predicted octanol–water partition coefficient (Wildman–Crippen LogP) is 1.01. The standard InChI is InChI=1S/C26H36N2O7/c1-16(2)11-20(23(32)26(14-30)15-35-26)27-25(34)21(13-29)28-24(33)19-10-6-9-18(12-19)22(31)17-7-4-3-5-8-17/h3-5,7-8,16,18-21,29-30H,6,9-15H2,1-2H3,(H,27,34)(H,28,33)/t18?,19-,20+,21+,26-/m1/s1. The van der Waals surface area contributed by atoms with Gasteiger partial charge in [0.05, 0.1) is 25.9 Å². The lowest BCUT2D eigenvalue weighted by atomic mass is 9.77.